The molecule has 0 amide bonds. The number of nitrogens with one attached hydrogen (secondary N) is 2. The van der Waals surface area contributed by atoms with Crippen LogP contribution < -0.4 is 20.9 Å². The molecule has 176 valence electrons. The van der Waals surface area contributed by atoms with Gasteiger partial charge >= 0.3 is 5.97 Å². The van der Waals surface area contributed by atoms with E-state index in [9.17, 15) is 15.0 Å². The van der Waals surface area contributed by atoms with Crippen LogP contribution in [0.25, 0.3) is 0 Å². The van der Waals surface area contributed by atoms with Crippen molar-refractivity contribution in [3.05, 3.63) is 83.4 Å². The highest BCUT2D eigenvalue weighted by molar-refractivity contribution is 5.96. The molecule has 0 unspecified atom stereocenters. The molecule has 1 aromatic heterocycles. The Kier molecular flexibility index (Phi) is 8.32. The summed E-state index contributed by atoms with van der Waals surface area (Å²) < 4.78 is 11.1. The molecule has 0 fully saturated rings. The Bertz CT molecular complexity index is 1250. The fourth-order valence-corrected chi connectivity index (χ4v) is 2.43. The van der Waals surface area contributed by atoms with Crippen LogP contribution in [0, 0.1) is 10.8 Å². The number of amidine groups is 2. The van der Waals surface area contributed by atoms with Gasteiger partial charge in [-0.05, 0) is 44.2 Å². The molecule has 0 radical (unpaired) electrons. The minimum Gasteiger partial charge on any atom is -0.504 e. The Morgan fingerprint density at radius 1 is 0.912 bits per heavy atom. The molecule has 2 aromatic carbocycles. The van der Waals surface area contributed by atoms with Crippen molar-refractivity contribution in [2.24, 2.45) is 11.5 Å². The first-order valence-corrected chi connectivity index (χ1v) is 9.81. The monoisotopic (exact) mass is 463 g/mol. The first-order chi connectivity index (χ1) is 16.0. The molecule has 34 heavy (non-hydrogen) atoms. The SMILES string of the molecule is C=C(C)C.N=C(N)c1cccc(Oc2cc(C(=O)O)cc(Oc3cc(C(=N)N)ccc3O)n2)c1. The lowest BCUT2D eigenvalue weighted by molar-refractivity contribution is 0.0696. The Labute approximate surface area is 196 Å². The van der Waals surface area contributed by atoms with Crippen molar-refractivity contribution in [2.45, 2.75) is 13.8 Å². The van der Waals surface area contributed by atoms with Gasteiger partial charge in [0.15, 0.2) is 11.5 Å². The fraction of sp³-hybridized carbons (Fsp3) is 0.0833. The highest BCUT2D eigenvalue weighted by Gasteiger charge is 2.14. The van der Waals surface area contributed by atoms with Crippen LogP contribution in [-0.4, -0.2) is 32.8 Å². The lowest BCUT2D eigenvalue weighted by Crippen LogP contribution is -2.11. The molecule has 3 rings (SSSR count). The van der Waals surface area contributed by atoms with Crippen LogP contribution in [0.1, 0.15) is 35.3 Å². The molecule has 8 N–H and O–H groups in total. The Hall–Kier alpha value is -4.86. The van der Waals surface area contributed by atoms with Crippen molar-refractivity contribution in [1.82, 2.24) is 4.98 Å². The smallest absolute Gasteiger partial charge is 0.336 e. The van der Waals surface area contributed by atoms with Crippen LogP contribution in [-0.2, 0) is 0 Å². The van der Waals surface area contributed by atoms with Gasteiger partial charge in [0.05, 0.1) is 5.56 Å². The third kappa shape index (κ3) is 7.38. The van der Waals surface area contributed by atoms with E-state index >= 15 is 0 Å². The van der Waals surface area contributed by atoms with Gasteiger partial charge in [0.2, 0.25) is 11.8 Å². The summed E-state index contributed by atoms with van der Waals surface area (Å²) in [5.74, 6) is -1.92. The predicted octanol–water partition coefficient (Wildman–Crippen LogP) is 4.22. The average molecular weight is 463 g/mol. The van der Waals surface area contributed by atoms with Crippen molar-refractivity contribution >= 4 is 17.6 Å². The maximum Gasteiger partial charge on any atom is 0.336 e. The molecular weight excluding hydrogens is 438 g/mol. The number of ether oxygens (including phenoxy) is 2. The van der Waals surface area contributed by atoms with Gasteiger partial charge in [-0.15, -0.1) is 6.58 Å². The van der Waals surface area contributed by atoms with Gasteiger partial charge in [0, 0.05) is 23.3 Å². The van der Waals surface area contributed by atoms with Gasteiger partial charge in [0.1, 0.15) is 17.4 Å². The van der Waals surface area contributed by atoms with Crippen LogP contribution in [0.3, 0.4) is 0 Å². The summed E-state index contributed by atoms with van der Waals surface area (Å²) in [6.07, 6.45) is 0. The second-order valence-corrected chi connectivity index (χ2v) is 7.29. The highest BCUT2D eigenvalue weighted by atomic mass is 16.5. The number of carboxylic acids is 1. The van der Waals surface area contributed by atoms with Crippen LogP contribution in [0.2, 0.25) is 0 Å². The topological polar surface area (TPSA) is 189 Å². The minimum atomic E-state index is -1.24. The normalized spacial score (nSPS) is 9.82. The van der Waals surface area contributed by atoms with Gasteiger partial charge in [0.25, 0.3) is 0 Å². The number of rotatable bonds is 7. The van der Waals surface area contributed by atoms with E-state index < -0.39 is 5.97 Å². The maximum atomic E-state index is 11.5. The van der Waals surface area contributed by atoms with E-state index in [0.717, 1.165) is 6.07 Å². The number of pyridine rings is 1. The van der Waals surface area contributed by atoms with Crippen LogP contribution >= 0.6 is 0 Å². The van der Waals surface area contributed by atoms with Gasteiger partial charge < -0.3 is 31.2 Å². The number of allylic oxidation sites excluding steroid dienone is 1. The molecule has 0 saturated heterocycles. The van der Waals surface area contributed by atoms with E-state index in [1.165, 1.54) is 35.9 Å². The summed E-state index contributed by atoms with van der Waals surface area (Å²) in [4.78, 5) is 15.6. The molecule has 10 heteroatoms. The van der Waals surface area contributed by atoms with Crippen molar-refractivity contribution in [2.75, 3.05) is 0 Å². The number of benzene rings is 2. The maximum absolute atomic E-state index is 11.5. The summed E-state index contributed by atoms with van der Waals surface area (Å²) in [6, 6.07) is 12.7. The summed E-state index contributed by atoms with van der Waals surface area (Å²) in [6.45, 7) is 7.50. The quantitative estimate of drug-likeness (QED) is 0.170. The highest BCUT2D eigenvalue weighted by Crippen LogP contribution is 2.33. The number of aromatic carboxylic acids is 1. The lowest BCUT2D eigenvalue weighted by atomic mass is 10.2. The number of carboxylic acid groups (broad SMARTS) is 1. The van der Waals surface area contributed by atoms with Crippen LogP contribution in [0.5, 0.6) is 29.0 Å². The molecule has 0 aliphatic carbocycles. The second kappa shape index (κ2) is 11.1. The van der Waals surface area contributed by atoms with E-state index in [1.807, 2.05) is 13.8 Å². The number of phenolic OH excluding ortho intramolecular Hbond substituents is 1. The number of phenols is 1. The average Bonchev–Trinajstić information content (AvgIpc) is 2.74. The lowest BCUT2D eigenvalue weighted by Gasteiger charge is -2.11. The molecular formula is C24H25N5O5. The number of carbonyl (C=O) groups is 1. The molecule has 10 nitrogen and oxygen atoms in total. The van der Waals surface area contributed by atoms with Crippen molar-refractivity contribution < 1.29 is 24.5 Å². The van der Waals surface area contributed by atoms with Crippen LogP contribution in [0.15, 0.2) is 66.7 Å². The summed E-state index contributed by atoms with van der Waals surface area (Å²) in [5.41, 5.74) is 12.6. The van der Waals surface area contributed by atoms with Crippen molar-refractivity contribution in [3.8, 4) is 29.0 Å². The number of nitrogens with two attached hydrogens (primary N) is 2. The number of aromatic hydroxyl groups is 1. The molecule has 0 spiro atoms. The Morgan fingerprint density at radius 3 is 2.03 bits per heavy atom. The molecule has 0 saturated carbocycles. The zero-order valence-electron chi connectivity index (χ0n) is 18.6. The number of aromatic nitrogens is 1. The largest absolute Gasteiger partial charge is 0.504 e. The number of nitrogens with zero attached hydrogens (tertiary/aromatic N) is 1. The van der Waals surface area contributed by atoms with Crippen LogP contribution in [0.4, 0.5) is 0 Å². The Morgan fingerprint density at radius 2 is 1.47 bits per heavy atom. The minimum absolute atomic E-state index is 0.0673. The molecule has 0 aliphatic heterocycles. The number of hydrogen-bond donors (Lipinski definition) is 6. The van der Waals surface area contributed by atoms with Gasteiger partial charge in [-0.3, -0.25) is 10.8 Å². The first-order valence-electron chi connectivity index (χ1n) is 9.81. The number of hydrogen-bond acceptors (Lipinski definition) is 7. The molecule has 1 heterocycles. The molecule has 0 aliphatic rings. The summed E-state index contributed by atoms with van der Waals surface area (Å²) in [7, 11) is 0. The first kappa shape index (κ1) is 25.4. The zero-order valence-corrected chi connectivity index (χ0v) is 18.6. The third-order valence-electron chi connectivity index (χ3n) is 3.88. The summed E-state index contributed by atoms with van der Waals surface area (Å²) in [5, 5.41) is 34.3. The molecule has 3 aromatic rings. The standard InChI is InChI=1S/C20H17N5O5.C4H8/c21-18(22)10-2-1-3-13(6-10)29-16-8-12(20(27)28)9-17(25-16)30-15-7-11(19(23)24)4-5-14(15)26;1-4(2)3/h1-9,26H,(H3,21,22)(H3,23,24)(H,27,28);1H2,2-3H3. The molecule has 0 bridgehead atoms. The van der Waals surface area contributed by atoms with Gasteiger partial charge in [-0.2, -0.15) is 4.98 Å². The number of nitrogen functional groups attached to an aromatic ring is 2. The van der Waals surface area contributed by atoms with Crippen molar-refractivity contribution in [3.63, 3.8) is 0 Å². The summed E-state index contributed by atoms with van der Waals surface area (Å²) >= 11 is 0. The van der Waals surface area contributed by atoms with Gasteiger partial charge in [-0.1, -0.05) is 17.7 Å². The predicted molar refractivity (Wildman–Crippen MR) is 128 cm³/mol. The van der Waals surface area contributed by atoms with E-state index in [1.54, 1.807) is 18.2 Å². The molecule has 0 atom stereocenters. The third-order valence-corrected chi connectivity index (χ3v) is 3.88. The van der Waals surface area contributed by atoms with Crippen molar-refractivity contribution in [1.29, 1.82) is 10.8 Å². The van der Waals surface area contributed by atoms with E-state index in [4.69, 9.17) is 31.8 Å². The van der Waals surface area contributed by atoms with Gasteiger partial charge in [-0.25, -0.2) is 4.79 Å². The van der Waals surface area contributed by atoms with E-state index in [-0.39, 0.29) is 46.2 Å². The second-order valence-electron chi connectivity index (χ2n) is 7.29. The van der Waals surface area contributed by atoms with E-state index in [0.29, 0.717) is 11.1 Å². The van der Waals surface area contributed by atoms with E-state index in [2.05, 4.69) is 11.6 Å². The zero-order chi connectivity index (χ0) is 25.4. The fourth-order valence-electron chi connectivity index (χ4n) is 2.43. The Balaban J connectivity index is 0.000000945.